The SMILES string of the molecule is Fc1ccccc1-c1ccc(C=NNCc2ccccc2)o1. The maximum absolute atomic E-state index is 13.7. The minimum Gasteiger partial charge on any atom is -0.455 e. The Hall–Kier alpha value is -2.88. The third kappa shape index (κ3) is 3.41. The Balaban J connectivity index is 1.62. The standard InChI is InChI=1S/C18H15FN2O/c19-17-9-5-4-8-16(17)18-11-10-15(22-18)13-21-20-12-14-6-2-1-3-7-14/h1-11,13,20H,12H2. The summed E-state index contributed by atoms with van der Waals surface area (Å²) in [6, 6.07) is 20.0. The third-order valence-corrected chi connectivity index (χ3v) is 3.18. The molecule has 0 bridgehead atoms. The number of halogens is 1. The summed E-state index contributed by atoms with van der Waals surface area (Å²) >= 11 is 0. The van der Waals surface area contributed by atoms with Crippen LogP contribution in [0.1, 0.15) is 11.3 Å². The second-order valence-electron chi connectivity index (χ2n) is 4.76. The molecule has 1 N–H and O–H groups in total. The number of furan rings is 1. The van der Waals surface area contributed by atoms with Crippen molar-refractivity contribution in [2.24, 2.45) is 5.10 Å². The van der Waals surface area contributed by atoms with Gasteiger partial charge in [0.15, 0.2) is 0 Å². The molecule has 0 saturated heterocycles. The summed E-state index contributed by atoms with van der Waals surface area (Å²) in [6.07, 6.45) is 1.58. The summed E-state index contributed by atoms with van der Waals surface area (Å²) in [6.45, 7) is 0.637. The molecule has 1 heterocycles. The van der Waals surface area contributed by atoms with Gasteiger partial charge in [-0.3, -0.25) is 0 Å². The van der Waals surface area contributed by atoms with Gasteiger partial charge in [-0.25, -0.2) is 4.39 Å². The Morgan fingerprint density at radius 3 is 2.55 bits per heavy atom. The van der Waals surface area contributed by atoms with Crippen LogP contribution >= 0.6 is 0 Å². The predicted octanol–water partition coefficient (Wildman–Crippen LogP) is 4.21. The fraction of sp³-hybridized carbons (Fsp3) is 0.0556. The average molecular weight is 294 g/mol. The molecule has 0 unspecified atom stereocenters. The smallest absolute Gasteiger partial charge is 0.147 e. The molecule has 0 atom stereocenters. The maximum Gasteiger partial charge on any atom is 0.147 e. The molecule has 0 spiro atoms. The van der Waals surface area contributed by atoms with Crippen LogP contribution in [0.5, 0.6) is 0 Å². The van der Waals surface area contributed by atoms with Crippen molar-refractivity contribution < 1.29 is 8.81 Å². The second kappa shape index (κ2) is 6.72. The molecule has 4 heteroatoms. The highest BCUT2D eigenvalue weighted by molar-refractivity contribution is 5.77. The van der Waals surface area contributed by atoms with Crippen LogP contribution in [0.15, 0.2) is 76.2 Å². The predicted molar refractivity (Wildman–Crippen MR) is 85.0 cm³/mol. The molecule has 22 heavy (non-hydrogen) atoms. The molecule has 2 aromatic carbocycles. The van der Waals surface area contributed by atoms with E-state index >= 15 is 0 Å². The van der Waals surface area contributed by atoms with Gasteiger partial charge in [0, 0.05) is 0 Å². The first-order chi connectivity index (χ1) is 10.8. The van der Waals surface area contributed by atoms with Gasteiger partial charge in [0.1, 0.15) is 17.3 Å². The summed E-state index contributed by atoms with van der Waals surface area (Å²) in [5.74, 6) is 0.754. The highest BCUT2D eigenvalue weighted by atomic mass is 19.1. The lowest BCUT2D eigenvalue weighted by atomic mass is 10.1. The van der Waals surface area contributed by atoms with E-state index in [-0.39, 0.29) is 5.82 Å². The zero-order chi connectivity index (χ0) is 15.2. The van der Waals surface area contributed by atoms with Crippen molar-refractivity contribution in [1.82, 2.24) is 5.43 Å². The molecule has 3 rings (SSSR count). The van der Waals surface area contributed by atoms with Crippen LogP contribution in [0.25, 0.3) is 11.3 Å². The van der Waals surface area contributed by atoms with Crippen LogP contribution in [0, 0.1) is 5.82 Å². The molecule has 0 aliphatic heterocycles. The van der Waals surface area contributed by atoms with Crippen molar-refractivity contribution in [2.45, 2.75) is 6.54 Å². The Kier molecular flexibility index (Phi) is 4.30. The monoisotopic (exact) mass is 294 g/mol. The number of nitrogens with one attached hydrogen (secondary N) is 1. The largest absolute Gasteiger partial charge is 0.455 e. The van der Waals surface area contributed by atoms with Gasteiger partial charge in [0.05, 0.1) is 18.3 Å². The first kappa shape index (κ1) is 14.1. The van der Waals surface area contributed by atoms with E-state index in [4.69, 9.17) is 4.42 Å². The molecule has 3 nitrogen and oxygen atoms in total. The molecule has 0 aliphatic carbocycles. The number of hydrazone groups is 1. The molecule has 0 radical (unpaired) electrons. The molecule has 0 saturated carbocycles. The zero-order valence-corrected chi connectivity index (χ0v) is 11.9. The van der Waals surface area contributed by atoms with Gasteiger partial charge in [-0.05, 0) is 29.8 Å². The van der Waals surface area contributed by atoms with E-state index in [1.54, 1.807) is 36.5 Å². The van der Waals surface area contributed by atoms with Crippen LogP contribution in [0.4, 0.5) is 4.39 Å². The molecular formula is C18H15FN2O. The molecule has 1 aromatic heterocycles. The van der Waals surface area contributed by atoms with Gasteiger partial charge < -0.3 is 9.84 Å². The van der Waals surface area contributed by atoms with Crippen LogP contribution in [0.3, 0.4) is 0 Å². The van der Waals surface area contributed by atoms with Gasteiger partial charge in [-0.2, -0.15) is 5.10 Å². The summed E-state index contributed by atoms with van der Waals surface area (Å²) in [5.41, 5.74) is 4.53. The fourth-order valence-electron chi connectivity index (χ4n) is 2.07. The lowest BCUT2D eigenvalue weighted by molar-refractivity contribution is 0.562. The van der Waals surface area contributed by atoms with Crippen LogP contribution < -0.4 is 5.43 Å². The molecule has 110 valence electrons. The van der Waals surface area contributed by atoms with Gasteiger partial charge in [-0.15, -0.1) is 0 Å². The maximum atomic E-state index is 13.7. The molecule has 0 amide bonds. The van der Waals surface area contributed by atoms with E-state index in [0.717, 1.165) is 5.56 Å². The van der Waals surface area contributed by atoms with E-state index in [0.29, 0.717) is 23.6 Å². The van der Waals surface area contributed by atoms with Crippen molar-refractivity contribution in [3.8, 4) is 11.3 Å². The van der Waals surface area contributed by atoms with Crippen LogP contribution in [-0.4, -0.2) is 6.21 Å². The highest BCUT2D eigenvalue weighted by Gasteiger charge is 2.07. The Bertz CT molecular complexity index is 766. The van der Waals surface area contributed by atoms with Crippen molar-refractivity contribution in [2.75, 3.05) is 0 Å². The van der Waals surface area contributed by atoms with Gasteiger partial charge >= 0.3 is 0 Å². The fourth-order valence-corrected chi connectivity index (χ4v) is 2.07. The Labute approximate surface area is 128 Å². The van der Waals surface area contributed by atoms with E-state index in [1.807, 2.05) is 30.3 Å². The summed E-state index contributed by atoms with van der Waals surface area (Å²) in [5, 5.41) is 4.10. The van der Waals surface area contributed by atoms with E-state index in [2.05, 4.69) is 10.5 Å². The first-order valence-corrected chi connectivity index (χ1v) is 6.97. The topological polar surface area (TPSA) is 37.5 Å². The van der Waals surface area contributed by atoms with Gasteiger partial charge in [0.2, 0.25) is 0 Å². The summed E-state index contributed by atoms with van der Waals surface area (Å²) < 4.78 is 19.2. The lowest BCUT2D eigenvalue weighted by Gasteiger charge is -1.99. The summed E-state index contributed by atoms with van der Waals surface area (Å²) in [7, 11) is 0. The quantitative estimate of drug-likeness (QED) is 0.565. The number of rotatable bonds is 5. The van der Waals surface area contributed by atoms with Crippen LogP contribution in [-0.2, 0) is 6.54 Å². The Morgan fingerprint density at radius 1 is 0.955 bits per heavy atom. The lowest BCUT2D eigenvalue weighted by Crippen LogP contribution is -2.04. The molecule has 3 aromatic rings. The second-order valence-corrected chi connectivity index (χ2v) is 4.76. The summed E-state index contributed by atoms with van der Waals surface area (Å²) in [4.78, 5) is 0. The van der Waals surface area contributed by atoms with Crippen molar-refractivity contribution in [3.63, 3.8) is 0 Å². The van der Waals surface area contributed by atoms with Crippen LogP contribution in [0.2, 0.25) is 0 Å². The van der Waals surface area contributed by atoms with Gasteiger partial charge in [-0.1, -0.05) is 42.5 Å². The van der Waals surface area contributed by atoms with E-state index in [1.165, 1.54) is 6.07 Å². The Morgan fingerprint density at radius 2 is 1.73 bits per heavy atom. The van der Waals surface area contributed by atoms with E-state index < -0.39 is 0 Å². The number of benzene rings is 2. The highest BCUT2D eigenvalue weighted by Crippen LogP contribution is 2.24. The number of hydrogen-bond acceptors (Lipinski definition) is 3. The number of hydrogen-bond donors (Lipinski definition) is 1. The average Bonchev–Trinajstić information content (AvgIpc) is 3.02. The molecule has 0 aliphatic rings. The normalized spacial score (nSPS) is 11.0. The van der Waals surface area contributed by atoms with Crippen molar-refractivity contribution >= 4 is 6.21 Å². The minimum atomic E-state index is -0.303. The zero-order valence-electron chi connectivity index (χ0n) is 11.9. The van der Waals surface area contributed by atoms with E-state index in [9.17, 15) is 4.39 Å². The number of nitrogens with zero attached hydrogens (tertiary/aromatic N) is 1. The minimum absolute atomic E-state index is 0.303. The van der Waals surface area contributed by atoms with Crippen molar-refractivity contribution in [3.05, 3.63) is 83.9 Å². The first-order valence-electron chi connectivity index (χ1n) is 6.97. The molecule has 0 fully saturated rings. The van der Waals surface area contributed by atoms with Gasteiger partial charge in [0.25, 0.3) is 0 Å². The van der Waals surface area contributed by atoms with Crippen molar-refractivity contribution in [1.29, 1.82) is 0 Å². The molecular weight excluding hydrogens is 279 g/mol. The third-order valence-electron chi connectivity index (χ3n) is 3.18.